The van der Waals surface area contributed by atoms with Crippen LogP contribution in [0.5, 0.6) is 0 Å². The van der Waals surface area contributed by atoms with Gasteiger partial charge >= 0.3 is 0 Å². The Morgan fingerprint density at radius 3 is 2.39 bits per heavy atom. The molecule has 2 aromatic rings. The lowest BCUT2D eigenvalue weighted by Crippen LogP contribution is -2.34. The first-order valence-electron chi connectivity index (χ1n) is 6.26. The summed E-state index contributed by atoms with van der Waals surface area (Å²) < 4.78 is 22.6. The maximum Gasteiger partial charge on any atom is 0.257 e. The summed E-state index contributed by atoms with van der Waals surface area (Å²) in [5.41, 5.74) is 0.773. The molecule has 4 N–H and O–H groups in total. The molecule has 0 aliphatic carbocycles. The highest BCUT2D eigenvalue weighted by Crippen LogP contribution is 2.14. The van der Waals surface area contributed by atoms with Crippen LogP contribution in [0.25, 0.3) is 0 Å². The van der Waals surface area contributed by atoms with Crippen molar-refractivity contribution >= 4 is 50.5 Å². The number of benzene rings is 2. The summed E-state index contributed by atoms with van der Waals surface area (Å²) in [5, 5.41) is 10.8. The zero-order valence-electron chi connectivity index (χ0n) is 11.6. The molecule has 0 atom stereocenters. The Morgan fingerprint density at radius 2 is 1.78 bits per heavy atom. The molecule has 0 bridgehead atoms. The summed E-state index contributed by atoms with van der Waals surface area (Å²) in [7, 11) is -3.81. The summed E-state index contributed by atoms with van der Waals surface area (Å²) in [6.07, 6.45) is 0. The van der Waals surface area contributed by atoms with Crippen molar-refractivity contribution in [1.29, 1.82) is 0 Å². The van der Waals surface area contributed by atoms with E-state index in [0.717, 1.165) is 0 Å². The van der Waals surface area contributed by atoms with Crippen LogP contribution in [0, 0.1) is 0 Å². The minimum Gasteiger partial charge on any atom is -0.332 e. The van der Waals surface area contributed by atoms with Gasteiger partial charge in [-0.1, -0.05) is 17.7 Å². The third-order valence-electron chi connectivity index (χ3n) is 2.75. The maximum atomic E-state index is 12.0. The minimum atomic E-state index is -3.81. The van der Waals surface area contributed by atoms with Crippen LogP contribution in [0.3, 0.4) is 0 Å². The van der Waals surface area contributed by atoms with Crippen LogP contribution in [0.1, 0.15) is 10.4 Å². The van der Waals surface area contributed by atoms with E-state index in [9.17, 15) is 13.2 Å². The van der Waals surface area contributed by atoms with E-state index >= 15 is 0 Å². The first-order valence-corrected chi connectivity index (χ1v) is 8.60. The molecule has 2 aromatic carbocycles. The van der Waals surface area contributed by atoms with Gasteiger partial charge in [0, 0.05) is 16.3 Å². The molecule has 120 valence electrons. The van der Waals surface area contributed by atoms with Gasteiger partial charge in [-0.05, 0) is 54.7 Å². The van der Waals surface area contributed by atoms with Gasteiger partial charge in [-0.3, -0.25) is 10.1 Å². The number of nitrogens with two attached hydrogens (primary N) is 1. The van der Waals surface area contributed by atoms with Gasteiger partial charge in [0.05, 0.1) is 4.90 Å². The van der Waals surface area contributed by atoms with Crippen LogP contribution in [0.15, 0.2) is 53.4 Å². The largest absolute Gasteiger partial charge is 0.332 e. The number of hydrogen-bond donors (Lipinski definition) is 3. The van der Waals surface area contributed by atoms with Crippen LogP contribution >= 0.6 is 23.8 Å². The number of carbonyl (C=O) groups is 1. The molecule has 0 saturated heterocycles. The molecule has 0 saturated carbocycles. The number of hydrogen-bond acceptors (Lipinski definition) is 4. The first kappa shape index (κ1) is 17.4. The second kappa shape index (κ2) is 7.05. The van der Waals surface area contributed by atoms with Crippen molar-refractivity contribution in [2.75, 3.05) is 5.32 Å². The highest BCUT2D eigenvalue weighted by Gasteiger charge is 2.10. The zero-order chi connectivity index (χ0) is 17.0. The SMILES string of the molecule is NS(=O)(=O)c1cccc(NC(=S)NC(=O)c2ccc(Cl)cc2)c1. The number of sulfonamides is 1. The third-order valence-corrected chi connectivity index (χ3v) is 4.12. The Labute approximate surface area is 143 Å². The molecule has 6 nitrogen and oxygen atoms in total. The van der Waals surface area contributed by atoms with Gasteiger partial charge in [-0.25, -0.2) is 13.6 Å². The average molecular weight is 370 g/mol. The van der Waals surface area contributed by atoms with E-state index in [4.69, 9.17) is 29.0 Å². The van der Waals surface area contributed by atoms with Crippen LogP contribution in [-0.2, 0) is 10.0 Å². The fourth-order valence-corrected chi connectivity index (χ4v) is 2.59. The van der Waals surface area contributed by atoms with E-state index in [1.54, 1.807) is 30.3 Å². The highest BCUT2D eigenvalue weighted by molar-refractivity contribution is 7.89. The predicted octanol–water partition coefficient (Wildman–Crippen LogP) is 2.11. The summed E-state index contributed by atoms with van der Waals surface area (Å²) in [6, 6.07) is 12.1. The smallest absolute Gasteiger partial charge is 0.257 e. The van der Waals surface area contributed by atoms with E-state index in [-0.39, 0.29) is 10.0 Å². The highest BCUT2D eigenvalue weighted by atomic mass is 35.5. The zero-order valence-corrected chi connectivity index (χ0v) is 14.0. The van der Waals surface area contributed by atoms with Gasteiger partial charge in [0.25, 0.3) is 5.91 Å². The third kappa shape index (κ3) is 5.00. The standard InChI is InChI=1S/C14H12ClN3O3S2/c15-10-6-4-9(5-7-10)13(19)18-14(22)17-11-2-1-3-12(8-11)23(16,20)21/h1-8H,(H2,16,20,21)(H2,17,18,19,22). The lowest BCUT2D eigenvalue weighted by atomic mass is 10.2. The number of rotatable bonds is 3. The van der Waals surface area contributed by atoms with Crippen molar-refractivity contribution in [2.24, 2.45) is 5.14 Å². The number of amides is 1. The van der Waals surface area contributed by atoms with Crippen LogP contribution in [-0.4, -0.2) is 19.4 Å². The number of halogens is 1. The summed E-state index contributed by atoms with van der Waals surface area (Å²) >= 11 is 10.8. The number of carbonyl (C=O) groups excluding carboxylic acids is 1. The van der Waals surface area contributed by atoms with E-state index in [1.807, 2.05) is 0 Å². The number of nitrogens with one attached hydrogen (secondary N) is 2. The Hall–Kier alpha value is -2.00. The van der Waals surface area contributed by atoms with Crippen molar-refractivity contribution in [2.45, 2.75) is 4.90 Å². The molecule has 0 aromatic heterocycles. The summed E-state index contributed by atoms with van der Waals surface area (Å²) in [5.74, 6) is -0.415. The van der Waals surface area contributed by atoms with Crippen molar-refractivity contribution in [3.05, 3.63) is 59.1 Å². The van der Waals surface area contributed by atoms with E-state index in [2.05, 4.69) is 10.6 Å². The van der Waals surface area contributed by atoms with Crippen LogP contribution < -0.4 is 15.8 Å². The van der Waals surface area contributed by atoms with E-state index in [0.29, 0.717) is 16.3 Å². The van der Waals surface area contributed by atoms with Gasteiger partial charge < -0.3 is 5.32 Å². The lowest BCUT2D eigenvalue weighted by molar-refractivity contribution is 0.0977. The number of primary sulfonamides is 1. The molecule has 0 unspecified atom stereocenters. The van der Waals surface area contributed by atoms with Crippen molar-refractivity contribution in [1.82, 2.24) is 5.32 Å². The maximum absolute atomic E-state index is 12.0. The lowest BCUT2D eigenvalue weighted by Gasteiger charge is -2.10. The fraction of sp³-hybridized carbons (Fsp3) is 0. The number of thiocarbonyl (C=S) groups is 1. The average Bonchev–Trinajstić information content (AvgIpc) is 2.47. The molecule has 0 radical (unpaired) electrons. The quantitative estimate of drug-likeness (QED) is 0.719. The summed E-state index contributed by atoms with van der Waals surface area (Å²) in [6.45, 7) is 0. The monoisotopic (exact) mass is 369 g/mol. The second-order valence-electron chi connectivity index (χ2n) is 4.49. The molecular formula is C14H12ClN3O3S2. The van der Waals surface area contributed by atoms with Crippen LogP contribution in [0.2, 0.25) is 5.02 Å². The molecular weight excluding hydrogens is 358 g/mol. The molecule has 23 heavy (non-hydrogen) atoms. The van der Waals surface area contributed by atoms with E-state index in [1.165, 1.54) is 18.2 Å². The molecule has 0 fully saturated rings. The number of anilines is 1. The Morgan fingerprint density at radius 1 is 1.13 bits per heavy atom. The molecule has 0 aliphatic rings. The van der Waals surface area contributed by atoms with Crippen molar-refractivity contribution < 1.29 is 13.2 Å². The first-order chi connectivity index (χ1) is 10.8. The molecule has 2 rings (SSSR count). The van der Waals surface area contributed by atoms with Gasteiger partial charge in [0.2, 0.25) is 10.0 Å². The predicted molar refractivity (Wildman–Crippen MR) is 93.0 cm³/mol. The Kier molecular flexibility index (Phi) is 5.32. The normalized spacial score (nSPS) is 10.9. The van der Waals surface area contributed by atoms with Crippen molar-refractivity contribution in [3.8, 4) is 0 Å². The van der Waals surface area contributed by atoms with Gasteiger partial charge in [0.1, 0.15) is 0 Å². The van der Waals surface area contributed by atoms with Gasteiger partial charge in [0.15, 0.2) is 5.11 Å². The second-order valence-corrected chi connectivity index (χ2v) is 6.89. The topological polar surface area (TPSA) is 101 Å². The van der Waals surface area contributed by atoms with Gasteiger partial charge in [-0.15, -0.1) is 0 Å². The molecule has 0 heterocycles. The molecule has 0 spiro atoms. The minimum absolute atomic E-state index is 0.0246. The molecule has 1 amide bonds. The van der Waals surface area contributed by atoms with Crippen LogP contribution in [0.4, 0.5) is 5.69 Å². The fourth-order valence-electron chi connectivity index (χ4n) is 1.69. The van der Waals surface area contributed by atoms with Gasteiger partial charge in [-0.2, -0.15) is 0 Å². The Bertz CT molecular complexity index is 852. The Balaban J connectivity index is 2.05. The molecule has 9 heteroatoms. The summed E-state index contributed by atoms with van der Waals surface area (Å²) in [4.78, 5) is 11.9. The van der Waals surface area contributed by atoms with E-state index < -0.39 is 15.9 Å². The van der Waals surface area contributed by atoms with Crippen molar-refractivity contribution in [3.63, 3.8) is 0 Å². The molecule has 0 aliphatic heterocycles.